The van der Waals surface area contributed by atoms with Gasteiger partial charge in [-0.05, 0) is 37.0 Å². The molecule has 0 saturated carbocycles. The van der Waals surface area contributed by atoms with Crippen LogP contribution in [0.5, 0.6) is 11.5 Å². The Kier molecular flexibility index (Phi) is 10.8. The number of hydrogen-bond acceptors (Lipinski definition) is 7. The zero-order valence-electron chi connectivity index (χ0n) is 25.6. The fraction of sp³-hybridized carbons (Fsp3) is 0.469. The third kappa shape index (κ3) is 7.86. The first-order chi connectivity index (χ1) is 21.1. The summed E-state index contributed by atoms with van der Waals surface area (Å²) in [4.78, 5) is 69.9. The third-order valence-electron chi connectivity index (χ3n) is 7.70. The maximum atomic E-state index is 14.0. The Balaban J connectivity index is 1.63. The van der Waals surface area contributed by atoms with Gasteiger partial charge in [0.05, 0.1) is 12.1 Å². The molecule has 3 N–H and O–H groups in total. The molecule has 0 aromatic heterocycles. The second kappa shape index (κ2) is 14.7. The average molecular weight is 608 g/mol. The molecule has 0 spiro atoms. The molecule has 1 fully saturated rings. The van der Waals surface area contributed by atoms with Crippen molar-refractivity contribution in [3.8, 4) is 11.5 Å². The summed E-state index contributed by atoms with van der Waals surface area (Å²) in [7, 11) is 1.47. The molecule has 0 unspecified atom stereocenters. The summed E-state index contributed by atoms with van der Waals surface area (Å²) in [5.74, 6) is -1.88. The van der Waals surface area contributed by atoms with Crippen molar-refractivity contribution in [3.05, 3.63) is 59.7 Å². The zero-order valence-corrected chi connectivity index (χ0v) is 25.6. The minimum Gasteiger partial charge on any atom is -0.486 e. The summed E-state index contributed by atoms with van der Waals surface area (Å²) < 4.78 is 11.4. The van der Waals surface area contributed by atoms with Gasteiger partial charge >= 0.3 is 0 Å². The topological polar surface area (TPSA) is 146 Å². The zero-order chi connectivity index (χ0) is 31.8. The molecule has 12 heteroatoms. The van der Waals surface area contributed by atoms with Gasteiger partial charge in [-0.15, -0.1) is 0 Å². The molecule has 0 aliphatic carbocycles. The van der Waals surface area contributed by atoms with Crippen LogP contribution in [0.1, 0.15) is 43.1 Å². The van der Waals surface area contributed by atoms with Gasteiger partial charge in [0.2, 0.25) is 23.6 Å². The summed E-state index contributed by atoms with van der Waals surface area (Å²) in [6, 6.07) is 11.5. The van der Waals surface area contributed by atoms with Crippen LogP contribution in [0.2, 0.25) is 0 Å². The minimum absolute atomic E-state index is 0.119. The summed E-state index contributed by atoms with van der Waals surface area (Å²) in [5, 5.41) is 8.43. The van der Waals surface area contributed by atoms with Crippen LogP contribution in [-0.2, 0) is 25.6 Å². The number of nitrogens with zero attached hydrogens (tertiary/aromatic N) is 2. The SMILES string of the molecule is CC(C)[C@@H]1NC(=O)[C@@H](C)N(C(=O)c2cccc3c2OCCO3)CCCNC(=O)[C@H](Cc2ccccc2)NC(=O)CN(C)C1=O. The maximum Gasteiger partial charge on any atom is 0.258 e. The van der Waals surface area contributed by atoms with E-state index in [-0.39, 0.29) is 44.1 Å². The van der Waals surface area contributed by atoms with Crippen LogP contribution in [0.25, 0.3) is 0 Å². The van der Waals surface area contributed by atoms with Crippen LogP contribution in [0, 0.1) is 5.92 Å². The number of rotatable bonds is 4. The average Bonchev–Trinajstić information content (AvgIpc) is 3.01. The molecular weight excluding hydrogens is 566 g/mol. The van der Waals surface area contributed by atoms with Crippen LogP contribution in [-0.4, -0.2) is 97.4 Å². The fourth-order valence-corrected chi connectivity index (χ4v) is 5.21. The number of carbonyl (C=O) groups is 5. The van der Waals surface area contributed by atoms with Crippen molar-refractivity contribution in [2.75, 3.05) is 39.9 Å². The van der Waals surface area contributed by atoms with Crippen molar-refractivity contribution in [1.82, 2.24) is 25.8 Å². The summed E-state index contributed by atoms with van der Waals surface area (Å²) in [6.07, 6.45) is 0.576. The van der Waals surface area contributed by atoms with E-state index in [2.05, 4.69) is 16.0 Å². The van der Waals surface area contributed by atoms with Crippen molar-refractivity contribution in [1.29, 1.82) is 0 Å². The van der Waals surface area contributed by atoms with Gasteiger partial charge in [0.15, 0.2) is 11.5 Å². The number of amides is 5. The predicted molar refractivity (Wildman–Crippen MR) is 162 cm³/mol. The van der Waals surface area contributed by atoms with Gasteiger partial charge < -0.3 is 35.2 Å². The van der Waals surface area contributed by atoms with E-state index in [1.54, 1.807) is 39.0 Å². The molecule has 2 aliphatic rings. The van der Waals surface area contributed by atoms with Gasteiger partial charge in [-0.1, -0.05) is 50.2 Å². The molecule has 2 aromatic rings. The normalized spacial score (nSPS) is 22.2. The lowest BCUT2D eigenvalue weighted by Gasteiger charge is -2.33. The molecular formula is C32H41N5O7. The maximum absolute atomic E-state index is 14.0. The van der Waals surface area contributed by atoms with E-state index in [0.717, 1.165) is 5.56 Å². The first kappa shape index (κ1) is 32.3. The van der Waals surface area contributed by atoms with E-state index in [9.17, 15) is 24.0 Å². The van der Waals surface area contributed by atoms with Gasteiger partial charge in [-0.2, -0.15) is 0 Å². The highest BCUT2D eigenvalue weighted by molar-refractivity contribution is 6.01. The Bertz CT molecular complexity index is 1370. The number of likely N-dealkylation sites (N-methyl/N-ethyl adjacent to an activating group) is 1. The first-order valence-electron chi connectivity index (χ1n) is 14.9. The number of benzene rings is 2. The summed E-state index contributed by atoms with van der Waals surface area (Å²) >= 11 is 0. The molecule has 44 heavy (non-hydrogen) atoms. The molecule has 3 atom stereocenters. The molecule has 2 aromatic carbocycles. The quantitative estimate of drug-likeness (QED) is 0.473. The highest BCUT2D eigenvalue weighted by atomic mass is 16.6. The number of ether oxygens (including phenoxy) is 2. The van der Waals surface area contributed by atoms with Crippen LogP contribution in [0.3, 0.4) is 0 Å². The molecule has 5 amide bonds. The van der Waals surface area contributed by atoms with Crippen molar-refractivity contribution in [3.63, 3.8) is 0 Å². The Morgan fingerprint density at radius 3 is 2.41 bits per heavy atom. The minimum atomic E-state index is -0.972. The number of hydrogen-bond donors (Lipinski definition) is 3. The Labute approximate surface area is 257 Å². The fourth-order valence-electron chi connectivity index (χ4n) is 5.21. The van der Waals surface area contributed by atoms with Gasteiger partial charge in [-0.25, -0.2) is 0 Å². The lowest BCUT2D eigenvalue weighted by molar-refractivity contribution is -0.140. The Hall–Kier alpha value is -4.61. The lowest BCUT2D eigenvalue weighted by Crippen LogP contribution is -2.57. The second-order valence-corrected chi connectivity index (χ2v) is 11.4. The van der Waals surface area contributed by atoms with E-state index in [4.69, 9.17) is 9.47 Å². The first-order valence-corrected chi connectivity index (χ1v) is 14.9. The van der Waals surface area contributed by atoms with Crippen LogP contribution >= 0.6 is 0 Å². The summed E-state index contributed by atoms with van der Waals surface area (Å²) in [6.45, 7) is 5.82. The monoisotopic (exact) mass is 607 g/mol. The van der Waals surface area contributed by atoms with Crippen molar-refractivity contribution < 1.29 is 33.4 Å². The third-order valence-corrected chi connectivity index (χ3v) is 7.70. The van der Waals surface area contributed by atoms with Crippen LogP contribution in [0.4, 0.5) is 0 Å². The number of nitrogens with one attached hydrogen (secondary N) is 3. The Morgan fingerprint density at radius 2 is 1.68 bits per heavy atom. The molecule has 236 valence electrons. The van der Waals surface area contributed by atoms with Crippen LogP contribution < -0.4 is 25.4 Å². The highest BCUT2D eigenvalue weighted by Crippen LogP contribution is 2.34. The molecule has 0 radical (unpaired) electrons. The van der Waals surface area contributed by atoms with Crippen LogP contribution in [0.15, 0.2) is 48.5 Å². The van der Waals surface area contributed by atoms with Crippen molar-refractivity contribution in [2.45, 2.75) is 51.7 Å². The molecule has 2 heterocycles. The summed E-state index contributed by atoms with van der Waals surface area (Å²) in [5.41, 5.74) is 1.11. The lowest BCUT2D eigenvalue weighted by atomic mass is 10.0. The highest BCUT2D eigenvalue weighted by Gasteiger charge is 2.35. The molecule has 0 bridgehead atoms. The molecule has 2 aliphatic heterocycles. The van der Waals surface area contributed by atoms with Gasteiger partial charge in [-0.3, -0.25) is 24.0 Å². The number of carbonyl (C=O) groups excluding carboxylic acids is 5. The van der Waals surface area contributed by atoms with Crippen molar-refractivity contribution in [2.24, 2.45) is 5.92 Å². The van der Waals surface area contributed by atoms with Gasteiger partial charge in [0, 0.05) is 26.6 Å². The largest absolute Gasteiger partial charge is 0.486 e. The van der Waals surface area contributed by atoms with E-state index >= 15 is 0 Å². The van der Waals surface area contributed by atoms with Gasteiger partial charge in [0.25, 0.3) is 5.91 Å². The second-order valence-electron chi connectivity index (χ2n) is 11.4. The van der Waals surface area contributed by atoms with Crippen molar-refractivity contribution >= 4 is 29.5 Å². The predicted octanol–water partition coefficient (Wildman–Crippen LogP) is 1.14. The molecule has 12 nitrogen and oxygen atoms in total. The van der Waals surface area contributed by atoms with E-state index in [1.165, 1.54) is 16.8 Å². The standard InChI is InChI=1S/C32H41N5O7/c1-20(2)27-32(42)36(4)19-26(38)34-24(18-22-10-6-5-7-11-22)30(40)33-14-9-15-37(21(3)29(39)35-27)31(41)23-12-8-13-25-28(23)44-17-16-43-25/h5-8,10-13,20-21,24,27H,9,14-19H2,1-4H3,(H,33,40)(H,34,38)(H,35,39)/t21-,24+,27+/m1/s1. The number of para-hydroxylation sites is 1. The smallest absolute Gasteiger partial charge is 0.258 e. The molecule has 1 saturated heterocycles. The Morgan fingerprint density at radius 1 is 0.955 bits per heavy atom. The van der Waals surface area contributed by atoms with Gasteiger partial charge in [0.1, 0.15) is 31.3 Å². The molecule has 4 rings (SSSR count). The van der Waals surface area contributed by atoms with E-state index in [1.807, 2.05) is 30.3 Å². The number of fused-ring (bicyclic) bond motifs is 1. The van der Waals surface area contributed by atoms with E-state index in [0.29, 0.717) is 24.5 Å². The van der Waals surface area contributed by atoms with E-state index < -0.39 is 47.7 Å².